The first-order valence-corrected chi connectivity index (χ1v) is 6.52. The van der Waals surface area contributed by atoms with Gasteiger partial charge in [0.1, 0.15) is 0 Å². The van der Waals surface area contributed by atoms with E-state index in [2.05, 4.69) is 13.5 Å². The van der Waals surface area contributed by atoms with Crippen molar-refractivity contribution >= 4 is 18.9 Å². The molecule has 0 spiro atoms. The van der Waals surface area contributed by atoms with Crippen LogP contribution in [0.4, 0.5) is 0 Å². The second-order valence-corrected chi connectivity index (χ2v) is 4.26. The van der Waals surface area contributed by atoms with Crippen molar-refractivity contribution in [2.45, 2.75) is 77.6 Å². The molecule has 0 aliphatic carbocycles. The van der Waals surface area contributed by atoms with Gasteiger partial charge in [-0.1, -0.05) is 70.8 Å². The third kappa shape index (κ3) is 17.0. The van der Waals surface area contributed by atoms with Crippen LogP contribution in [0.1, 0.15) is 77.6 Å². The van der Waals surface area contributed by atoms with Gasteiger partial charge in [0.15, 0.2) is 0 Å². The van der Waals surface area contributed by atoms with Gasteiger partial charge in [0.25, 0.3) is 0 Å². The summed E-state index contributed by atoms with van der Waals surface area (Å²) in [5, 5.41) is 0. The van der Waals surface area contributed by atoms with Crippen molar-refractivity contribution in [3.8, 4) is 0 Å². The molecule has 0 nitrogen and oxygen atoms in total. The maximum Gasteiger partial charge on any atom is 0 e. The number of allylic oxidation sites excluding steroid dienone is 1. The second-order valence-electron chi connectivity index (χ2n) is 4.26. The van der Waals surface area contributed by atoms with Crippen LogP contribution in [-0.2, 0) is 0 Å². The molecule has 0 aliphatic rings. The maximum absolute atomic E-state index is 3.74. The fourth-order valence-electron chi connectivity index (χ4n) is 1.78. The number of rotatable bonds is 11. The Morgan fingerprint density at radius 1 is 0.733 bits per heavy atom. The minimum Gasteiger partial charge on any atom is -0.103 e. The van der Waals surface area contributed by atoms with Gasteiger partial charge in [-0.05, 0) is 12.8 Å². The molecule has 0 saturated heterocycles. The Bertz CT molecular complexity index is 110. The molecule has 0 aromatic carbocycles. The summed E-state index contributed by atoms with van der Waals surface area (Å²) in [5.74, 6) is 0. The minimum absolute atomic E-state index is 0. The Morgan fingerprint density at radius 3 is 1.53 bits per heavy atom. The van der Waals surface area contributed by atoms with Gasteiger partial charge in [0, 0.05) is 18.9 Å². The van der Waals surface area contributed by atoms with Gasteiger partial charge in [0.2, 0.25) is 0 Å². The predicted molar refractivity (Wildman–Crippen MR) is 72.4 cm³/mol. The van der Waals surface area contributed by atoms with Crippen LogP contribution in [0.2, 0.25) is 0 Å². The quantitative estimate of drug-likeness (QED) is 0.249. The largest absolute Gasteiger partial charge is 0.103 e. The summed E-state index contributed by atoms with van der Waals surface area (Å²) in [6.07, 6.45) is 17.5. The zero-order valence-corrected chi connectivity index (χ0v) is 11.1. The molecule has 0 rings (SSSR count). The van der Waals surface area contributed by atoms with Crippen molar-refractivity contribution in [2.75, 3.05) is 0 Å². The van der Waals surface area contributed by atoms with Crippen molar-refractivity contribution in [3.63, 3.8) is 0 Å². The van der Waals surface area contributed by atoms with Crippen molar-refractivity contribution < 1.29 is 0 Å². The van der Waals surface area contributed by atoms with Gasteiger partial charge in [-0.25, -0.2) is 0 Å². The Hall–Kier alpha value is 0.337. The van der Waals surface area contributed by atoms with Crippen LogP contribution in [0.3, 0.4) is 0 Å². The number of hydrogen-bond donors (Lipinski definition) is 0. The molecule has 0 aliphatic heterocycles. The molecular formula is C14H28Li. The van der Waals surface area contributed by atoms with Gasteiger partial charge in [-0.3, -0.25) is 0 Å². The predicted octanol–water partition coefficient (Wildman–Crippen LogP) is 5.10. The van der Waals surface area contributed by atoms with Crippen LogP contribution < -0.4 is 0 Å². The molecule has 0 bridgehead atoms. The van der Waals surface area contributed by atoms with Crippen LogP contribution in [0, 0.1) is 0 Å². The van der Waals surface area contributed by atoms with Crippen molar-refractivity contribution in [2.24, 2.45) is 0 Å². The Balaban J connectivity index is 0. The molecular weight excluding hydrogens is 175 g/mol. The second kappa shape index (κ2) is 16.8. The van der Waals surface area contributed by atoms with Gasteiger partial charge in [0.05, 0.1) is 0 Å². The van der Waals surface area contributed by atoms with E-state index < -0.39 is 0 Å². The molecule has 0 aromatic heterocycles. The van der Waals surface area contributed by atoms with Gasteiger partial charge in [-0.15, -0.1) is 6.58 Å². The summed E-state index contributed by atoms with van der Waals surface area (Å²) in [7, 11) is 0. The fourth-order valence-corrected chi connectivity index (χ4v) is 1.78. The van der Waals surface area contributed by atoms with Crippen LogP contribution in [-0.4, -0.2) is 18.9 Å². The van der Waals surface area contributed by atoms with Crippen LogP contribution in [0.25, 0.3) is 0 Å². The molecule has 0 fully saturated rings. The first kappa shape index (κ1) is 17.7. The van der Waals surface area contributed by atoms with E-state index in [4.69, 9.17) is 0 Å². The summed E-state index contributed by atoms with van der Waals surface area (Å²) in [6.45, 7) is 6.01. The standard InChI is InChI=1S/C14H28.Li/c1-3-5-7-9-11-13-14-12-10-8-6-4-2;/h3H,1,4-14H2,2H3;. The summed E-state index contributed by atoms with van der Waals surface area (Å²) in [4.78, 5) is 0. The fraction of sp³-hybridized carbons (Fsp3) is 0.857. The van der Waals surface area contributed by atoms with Gasteiger partial charge < -0.3 is 0 Å². The molecule has 15 heavy (non-hydrogen) atoms. The molecule has 0 unspecified atom stereocenters. The average Bonchev–Trinajstić information content (AvgIpc) is 2.21. The number of unbranched alkanes of at least 4 members (excludes halogenated alkanes) is 10. The summed E-state index contributed by atoms with van der Waals surface area (Å²) < 4.78 is 0. The van der Waals surface area contributed by atoms with E-state index in [1.54, 1.807) is 0 Å². The summed E-state index contributed by atoms with van der Waals surface area (Å²) >= 11 is 0. The molecule has 1 radical (unpaired) electrons. The van der Waals surface area contributed by atoms with Crippen LogP contribution in [0.5, 0.6) is 0 Å². The van der Waals surface area contributed by atoms with Crippen molar-refractivity contribution in [1.82, 2.24) is 0 Å². The monoisotopic (exact) mass is 203 g/mol. The van der Waals surface area contributed by atoms with Gasteiger partial charge >= 0.3 is 0 Å². The molecule has 85 valence electrons. The van der Waals surface area contributed by atoms with Crippen LogP contribution in [0.15, 0.2) is 12.7 Å². The third-order valence-electron chi connectivity index (χ3n) is 2.76. The molecule has 1 heteroatoms. The van der Waals surface area contributed by atoms with E-state index in [0.29, 0.717) is 0 Å². The Morgan fingerprint density at radius 2 is 1.13 bits per heavy atom. The molecule has 0 saturated carbocycles. The molecule has 0 atom stereocenters. The average molecular weight is 203 g/mol. The van der Waals surface area contributed by atoms with Crippen molar-refractivity contribution in [1.29, 1.82) is 0 Å². The summed E-state index contributed by atoms with van der Waals surface area (Å²) in [6, 6.07) is 0. The normalized spacial score (nSPS) is 9.67. The van der Waals surface area contributed by atoms with E-state index in [1.165, 1.54) is 70.6 Å². The first-order chi connectivity index (χ1) is 6.91. The SMILES string of the molecule is C=CCCCCCCCCCCCC.[Li]. The van der Waals surface area contributed by atoms with E-state index in [1.807, 2.05) is 6.08 Å². The van der Waals surface area contributed by atoms with E-state index in [-0.39, 0.29) is 18.9 Å². The first-order valence-electron chi connectivity index (χ1n) is 6.52. The molecule has 0 aromatic rings. The van der Waals surface area contributed by atoms with Crippen LogP contribution >= 0.6 is 0 Å². The molecule has 0 amide bonds. The Labute approximate surface area is 109 Å². The number of hydrogen-bond acceptors (Lipinski definition) is 0. The zero-order valence-electron chi connectivity index (χ0n) is 11.1. The van der Waals surface area contributed by atoms with E-state index >= 15 is 0 Å². The summed E-state index contributed by atoms with van der Waals surface area (Å²) in [5.41, 5.74) is 0. The van der Waals surface area contributed by atoms with E-state index in [0.717, 1.165) is 0 Å². The molecule has 0 N–H and O–H groups in total. The van der Waals surface area contributed by atoms with E-state index in [9.17, 15) is 0 Å². The third-order valence-corrected chi connectivity index (χ3v) is 2.76. The zero-order chi connectivity index (χ0) is 10.5. The Kier molecular flexibility index (Phi) is 19.8. The van der Waals surface area contributed by atoms with Crippen molar-refractivity contribution in [3.05, 3.63) is 12.7 Å². The minimum atomic E-state index is 0. The topological polar surface area (TPSA) is 0 Å². The van der Waals surface area contributed by atoms with Gasteiger partial charge in [-0.2, -0.15) is 0 Å². The smallest absolute Gasteiger partial charge is 0 e. The maximum atomic E-state index is 3.74. The molecule has 0 heterocycles.